The fraction of sp³-hybridized carbons (Fsp3) is 0.800. The molecule has 1 atom stereocenters. The van der Waals surface area contributed by atoms with E-state index in [-0.39, 0.29) is 11.3 Å². The Morgan fingerprint density at radius 3 is 2.95 bits per heavy atom. The molecule has 3 N–H and O–H groups in total. The maximum atomic E-state index is 12.0. The van der Waals surface area contributed by atoms with Gasteiger partial charge in [-0.15, -0.1) is 0 Å². The van der Waals surface area contributed by atoms with Crippen molar-refractivity contribution in [2.24, 2.45) is 5.41 Å². The van der Waals surface area contributed by atoms with E-state index in [0.29, 0.717) is 31.7 Å². The molecule has 7 heteroatoms. The molecular formula is C15H27N5O2. The van der Waals surface area contributed by atoms with Crippen LogP contribution in [0.25, 0.3) is 0 Å². The Labute approximate surface area is 131 Å². The normalized spacial score (nSPS) is 23.5. The fourth-order valence-electron chi connectivity index (χ4n) is 2.73. The van der Waals surface area contributed by atoms with Gasteiger partial charge >= 0.3 is 0 Å². The predicted molar refractivity (Wildman–Crippen MR) is 83.0 cm³/mol. The largest absolute Gasteiger partial charge is 0.382 e. The van der Waals surface area contributed by atoms with Crippen molar-refractivity contribution in [3.8, 4) is 0 Å². The number of nitrogens with zero attached hydrogens (tertiary/aromatic N) is 3. The summed E-state index contributed by atoms with van der Waals surface area (Å²) >= 11 is 0. The summed E-state index contributed by atoms with van der Waals surface area (Å²) < 4.78 is 0. The lowest BCUT2D eigenvalue weighted by molar-refractivity contribution is -0.124. The highest BCUT2D eigenvalue weighted by Crippen LogP contribution is 2.29. The molecule has 1 aliphatic heterocycles. The van der Waals surface area contributed by atoms with Gasteiger partial charge in [0.2, 0.25) is 5.91 Å². The highest BCUT2D eigenvalue weighted by Gasteiger charge is 2.37. The summed E-state index contributed by atoms with van der Waals surface area (Å²) in [6.45, 7) is 8.68. The number of aliphatic hydroxyl groups is 1. The van der Waals surface area contributed by atoms with E-state index in [0.717, 1.165) is 19.4 Å². The maximum absolute atomic E-state index is 12.0. The van der Waals surface area contributed by atoms with Crippen LogP contribution in [0.3, 0.4) is 0 Å². The Kier molecular flexibility index (Phi) is 5.18. The summed E-state index contributed by atoms with van der Waals surface area (Å²) in [5.41, 5.74) is -0.256. The van der Waals surface area contributed by atoms with Crippen molar-refractivity contribution >= 4 is 5.91 Å². The van der Waals surface area contributed by atoms with Gasteiger partial charge in [-0.3, -0.25) is 9.69 Å². The van der Waals surface area contributed by atoms with E-state index in [9.17, 15) is 9.90 Å². The van der Waals surface area contributed by atoms with Gasteiger partial charge in [0, 0.05) is 13.1 Å². The first-order valence-electron chi connectivity index (χ1n) is 7.86. The lowest BCUT2D eigenvalue weighted by Crippen LogP contribution is -2.49. The van der Waals surface area contributed by atoms with Gasteiger partial charge < -0.3 is 10.4 Å². The molecule has 124 valence electrons. The summed E-state index contributed by atoms with van der Waals surface area (Å²) in [4.78, 5) is 14.0. The van der Waals surface area contributed by atoms with Crippen LogP contribution in [0.5, 0.6) is 0 Å². The van der Waals surface area contributed by atoms with Gasteiger partial charge in [-0.25, -0.2) is 0 Å². The Morgan fingerprint density at radius 1 is 1.55 bits per heavy atom. The summed E-state index contributed by atoms with van der Waals surface area (Å²) in [7, 11) is 0. The summed E-state index contributed by atoms with van der Waals surface area (Å²) in [6, 6.07) is 0. The number of amides is 1. The molecule has 0 radical (unpaired) electrons. The monoisotopic (exact) mass is 309 g/mol. The molecule has 1 amide bonds. The third-order valence-corrected chi connectivity index (χ3v) is 4.01. The second-order valence-corrected chi connectivity index (χ2v) is 7.36. The second-order valence-electron chi connectivity index (χ2n) is 7.36. The first-order chi connectivity index (χ1) is 10.3. The molecule has 1 aromatic rings. The van der Waals surface area contributed by atoms with Crippen LogP contribution in [-0.4, -0.2) is 57.5 Å². The number of hydrogen-bond acceptors (Lipinski definition) is 5. The number of rotatable bonds is 5. The van der Waals surface area contributed by atoms with Gasteiger partial charge in [0.05, 0.1) is 12.7 Å². The highest BCUT2D eigenvalue weighted by atomic mass is 16.3. The van der Waals surface area contributed by atoms with E-state index >= 15 is 0 Å². The van der Waals surface area contributed by atoms with Crippen LogP contribution in [0.2, 0.25) is 0 Å². The molecule has 0 unspecified atom stereocenters. The van der Waals surface area contributed by atoms with Crippen molar-refractivity contribution < 1.29 is 9.90 Å². The van der Waals surface area contributed by atoms with Gasteiger partial charge in [0.25, 0.3) is 0 Å². The Hall–Kier alpha value is -1.47. The van der Waals surface area contributed by atoms with E-state index in [1.54, 1.807) is 6.20 Å². The SMILES string of the molecule is CC(C)(C)CCNC(=O)CN1CCC[C@@](O)(c2cn[nH]n2)C1. The number of β-amino-alcohol motifs (C(OH)–C–C–N with tert-alkyl or cyclic N) is 1. The van der Waals surface area contributed by atoms with Gasteiger partial charge in [0.1, 0.15) is 11.3 Å². The van der Waals surface area contributed by atoms with Gasteiger partial charge in [-0.1, -0.05) is 20.8 Å². The third kappa shape index (κ3) is 4.78. The highest BCUT2D eigenvalue weighted by molar-refractivity contribution is 5.78. The molecule has 2 rings (SSSR count). The van der Waals surface area contributed by atoms with Gasteiger partial charge in [-0.05, 0) is 31.2 Å². The van der Waals surface area contributed by atoms with E-state index in [1.807, 2.05) is 4.90 Å². The molecule has 2 heterocycles. The molecule has 22 heavy (non-hydrogen) atoms. The number of nitrogens with one attached hydrogen (secondary N) is 2. The van der Waals surface area contributed by atoms with E-state index in [4.69, 9.17) is 0 Å². The molecular weight excluding hydrogens is 282 g/mol. The zero-order chi connectivity index (χ0) is 16.2. The van der Waals surface area contributed by atoms with Crippen LogP contribution >= 0.6 is 0 Å². The molecule has 0 bridgehead atoms. The van der Waals surface area contributed by atoms with E-state index in [2.05, 4.69) is 41.5 Å². The van der Waals surface area contributed by atoms with E-state index in [1.165, 1.54) is 0 Å². The number of H-pyrrole nitrogens is 1. The Balaban J connectivity index is 1.82. The fourth-order valence-corrected chi connectivity index (χ4v) is 2.73. The van der Waals surface area contributed by atoms with Crippen molar-refractivity contribution in [3.05, 3.63) is 11.9 Å². The Morgan fingerprint density at radius 2 is 2.32 bits per heavy atom. The predicted octanol–water partition coefficient (Wildman–Crippen LogP) is 0.640. The van der Waals surface area contributed by atoms with Crippen LogP contribution < -0.4 is 5.32 Å². The first kappa shape index (κ1) is 16.9. The minimum absolute atomic E-state index is 0.00801. The zero-order valence-electron chi connectivity index (χ0n) is 13.7. The van der Waals surface area contributed by atoms with Crippen LogP contribution in [0.4, 0.5) is 0 Å². The smallest absolute Gasteiger partial charge is 0.234 e. The average molecular weight is 309 g/mol. The number of carbonyl (C=O) groups is 1. The number of carbonyl (C=O) groups excluding carboxylic acids is 1. The molecule has 0 saturated carbocycles. The average Bonchev–Trinajstić information content (AvgIpc) is 2.91. The molecule has 0 aliphatic carbocycles. The number of hydrogen-bond donors (Lipinski definition) is 3. The van der Waals surface area contributed by atoms with Crippen molar-refractivity contribution in [3.63, 3.8) is 0 Å². The number of aromatic amines is 1. The van der Waals surface area contributed by atoms with Crippen LogP contribution in [0.15, 0.2) is 6.20 Å². The molecule has 1 aliphatic rings. The standard InChI is InChI=1S/C15H27N5O2/c1-14(2,3)6-7-16-13(21)10-20-8-4-5-15(22,11-20)12-9-17-19-18-12/h9,22H,4-8,10-11H2,1-3H3,(H,16,21)(H,17,18,19)/t15-/m0/s1. The number of piperidine rings is 1. The van der Waals surface area contributed by atoms with Gasteiger partial charge in [0.15, 0.2) is 0 Å². The quantitative estimate of drug-likeness (QED) is 0.742. The minimum atomic E-state index is -1.02. The first-order valence-corrected chi connectivity index (χ1v) is 7.86. The van der Waals surface area contributed by atoms with Gasteiger partial charge in [-0.2, -0.15) is 15.4 Å². The molecule has 1 saturated heterocycles. The molecule has 7 nitrogen and oxygen atoms in total. The number of likely N-dealkylation sites (tertiary alicyclic amines) is 1. The summed E-state index contributed by atoms with van der Waals surface area (Å²) in [5.74, 6) is 0.00801. The molecule has 0 spiro atoms. The summed E-state index contributed by atoms with van der Waals surface area (Å²) in [6.07, 6.45) is 3.97. The van der Waals surface area contributed by atoms with Crippen molar-refractivity contribution in [2.75, 3.05) is 26.2 Å². The van der Waals surface area contributed by atoms with Crippen LogP contribution in [0, 0.1) is 5.41 Å². The molecule has 0 aromatic carbocycles. The maximum Gasteiger partial charge on any atom is 0.234 e. The van der Waals surface area contributed by atoms with Crippen LogP contribution in [0.1, 0.15) is 45.7 Å². The lowest BCUT2D eigenvalue weighted by Gasteiger charge is -2.37. The lowest BCUT2D eigenvalue weighted by atomic mass is 9.90. The summed E-state index contributed by atoms with van der Waals surface area (Å²) in [5, 5.41) is 23.9. The van der Waals surface area contributed by atoms with Crippen molar-refractivity contribution in [2.45, 2.75) is 45.6 Å². The van der Waals surface area contributed by atoms with Crippen molar-refractivity contribution in [1.82, 2.24) is 25.6 Å². The topological polar surface area (TPSA) is 94.1 Å². The second kappa shape index (κ2) is 6.75. The minimum Gasteiger partial charge on any atom is -0.382 e. The van der Waals surface area contributed by atoms with E-state index < -0.39 is 5.60 Å². The zero-order valence-corrected chi connectivity index (χ0v) is 13.7. The van der Waals surface area contributed by atoms with Crippen LogP contribution in [-0.2, 0) is 10.4 Å². The molecule has 1 aromatic heterocycles. The molecule has 1 fully saturated rings. The number of aromatic nitrogens is 3. The Bertz CT molecular complexity index is 483. The third-order valence-electron chi connectivity index (χ3n) is 4.01. The van der Waals surface area contributed by atoms with Crippen molar-refractivity contribution in [1.29, 1.82) is 0 Å².